The van der Waals surface area contributed by atoms with E-state index >= 15 is 0 Å². The van der Waals surface area contributed by atoms with Gasteiger partial charge in [0.1, 0.15) is 0 Å². The van der Waals surface area contributed by atoms with E-state index in [4.69, 9.17) is 0 Å². The molecule has 1 saturated heterocycles. The second-order valence-electron chi connectivity index (χ2n) is 10.4. The number of anilines is 2. The Morgan fingerprint density at radius 3 is 2.30 bits per heavy atom. The van der Waals surface area contributed by atoms with E-state index in [0.717, 1.165) is 43.6 Å². The van der Waals surface area contributed by atoms with Gasteiger partial charge in [0.15, 0.2) is 0 Å². The number of benzene rings is 3. The average molecular weight is 520 g/mol. The quantitative estimate of drug-likeness (QED) is 0.383. The molecule has 1 aliphatic heterocycles. The number of nitrogens with one attached hydrogen (secondary N) is 2. The monoisotopic (exact) mass is 519 g/mol. The number of carbonyl (C=O) groups excluding carboxylic acids is 1. The van der Waals surface area contributed by atoms with Crippen molar-refractivity contribution in [3.63, 3.8) is 0 Å². The Hall–Kier alpha value is -3.32. The largest absolute Gasteiger partial charge is 0.371 e. The summed E-state index contributed by atoms with van der Waals surface area (Å²) in [5, 5.41) is 3.00. The molecule has 0 saturated carbocycles. The number of hydrogen-bond acceptors (Lipinski definition) is 4. The smallest absolute Gasteiger partial charge is 0.261 e. The van der Waals surface area contributed by atoms with Gasteiger partial charge in [-0.2, -0.15) is 0 Å². The second-order valence-corrected chi connectivity index (χ2v) is 12.1. The number of aryl methyl sites for hydroxylation is 1. The van der Waals surface area contributed by atoms with Crippen LogP contribution in [0.4, 0.5) is 11.4 Å². The Labute approximate surface area is 221 Å². The van der Waals surface area contributed by atoms with Crippen LogP contribution in [0.3, 0.4) is 0 Å². The fourth-order valence-electron chi connectivity index (χ4n) is 4.71. The summed E-state index contributed by atoms with van der Waals surface area (Å²) >= 11 is 0. The highest BCUT2D eigenvalue weighted by atomic mass is 32.2. The van der Waals surface area contributed by atoms with Crippen LogP contribution in [0.5, 0.6) is 0 Å². The first-order chi connectivity index (χ1) is 17.7. The zero-order valence-electron chi connectivity index (χ0n) is 21.9. The summed E-state index contributed by atoms with van der Waals surface area (Å²) in [4.78, 5) is 15.7. The van der Waals surface area contributed by atoms with Crippen LogP contribution in [0.2, 0.25) is 0 Å². The van der Waals surface area contributed by atoms with E-state index < -0.39 is 10.0 Å². The minimum Gasteiger partial charge on any atom is -0.371 e. The minimum absolute atomic E-state index is 0.188. The average Bonchev–Trinajstić information content (AvgIpc) is 2.88. The zero-order valence-corrected chi connectivity index (χ0v) is 22.7. The summed E-state index contributed by atoms with van der Waals surface area (Å²) in [5.41, 5.74) is 4.06. The maximum Gasteiger partial charge on any atom is 0.261 e. The number of piperidine rings is 1. The number of nitrogens with zero attached hydrogens (tertiary/aromatic N) is 1. The Morgan fingerprint density at radius 1 is 0.973 bits per heavy atom. The first-order valence-electron chi connectivity index (χ1n) is 13.0. The maximum atomic E-state index is 13.2. The van der Waals surface area contributed by atoms with E-state index in [1.807, 2.05) is 32.9 Å². The Morgan fingerprint density at radius 2 is 1.65 bits per heavy atom. The van der Waals surface area contributed by atoms with Gasteiger partial charge >= 0.3 is 0 Å². The van der Waals surface area contributed by atoms with Crippen LogP contribution in [0.15, 0.2) is 77.7 Å². The molecule has 0 atom stereocenters. The summed E-state index contributed by atoms with van der Waals surface area (Å²) in [6.07, 6.45) is 3.16. The van der Waals surface area contributed by atoms with Crippen LogP contribution in [-0.2, 0) is 16.4 Å². The molecule has 1 aliphatic rings. The summed E-state index contributed by atoms with van der Waals surface area (Å²) in [7, 11) is -3.77. The van der Waals surface area contributed by atoms with Gasteiger partial charge < -0.3 is 10.2 Å². The third-order valence-corrected chi connectivity index (χ3v) is 8.22. The molecule has 37 heavy (non-hydrogen) atoms. The second kappa shape index (κ2) is 11.8. The first-order valence-corrected chi connectivity index (χ1v) is 14.5. The number of amides is 1. The van der Waals surface area contributed by atoms with Crippen molar-refractivity contribution in [1.82, 2.24) is 5.32 Å². The highest BCUT2D eigenvalue weighted by molar-refractivity contribution is 7.92. The van der Waals surface area contributed by atoms with Crippen molar-refractivity contribution in [2.24, 2.45) is 11.8 Å². The van der Waals surface area contributed by atoms with Crippen molar-refractivity contribution in [3.05, 3.63) is 89.5 Å². The molecule has 1 fully saturated rings. The summed E-state index contributed by atoms with van der Waals surface area (Å²) < 4.78 is 28.6. The summed E-state index contributed by atoms with van der Waals surface area (Å²) in [6.45, 7) is 8.27. The lowest BCUT2D eigenvalue weighted by Gasteiger charge is -2.35. The maximum absolute atomic E-state index is 13.2. The topological polar surface area (TPSA) is 78.5 Å². The van der Waals surface area contributed by atoms with E-state index in [-0.39, 0.29) is 10.8 Å². The van der Waals surface area contributed by atoms with Gasteiger partial charge in [-0.05, 0) is 73.9 Å². The highest BCUT2D eigenvalue weighted by Crippen LogP contribution is 2.31. The lowest BCUT2D eigenvalue weighted by atomic mass is 9.89. The predicted octanol–water partition coefficient (Wildman–Crippen LogP) is 5.64. The van der Waals surface area contributed by atoms with Gasteiger partial charge in [-0.1, -0.05) is 61.9 Å². The van der Waals surface area contributed by atoms with Crippen molar-refractivity contribution in [1.29, 1.82) is 0 Å². The van der Waals surface area contributed by atoms with Gasteiger partial charge in [0.2, 0.25) is 0 Å². The van der Waals surface area contributed by atoms with Gasteiger partial charge in [-0.3, -0.25) is 9.52 Å². The first kappa shape index (κ1) is 26.7. The van der Waals surface area contributed by atoms with Crippen molar-refractivity contribution < 1.29 is 13.2 Å². The number of carbonyl (C=O) groups is 1. The third kappa shape index (κ3) is 7.13. The molecule has 1 amide bonds. The predicted molar refractivity (Wildman–Crippen MR) is 151 cm³/mol. The molecule has 0 aliphatic carbocycles. The molecule has 4 rings (SSSR count). The molecule has 0 unspecified atom stereocenters. The molecule has 7 heteroatoms. The molecule has 3 aromatic rings. The van der Waals surface area contributed by atoms with Gasteiger partial charge in [0, 0.05) is 31.0 Å². The molecular weight excluding hydrogens is 482 g/mol. The molecule has 0 radical (unpaired) electrons. The van der Waals surface area contributed by atoms with E-state index in [2.05, 4.69) is 39.2 Å². The van der Waals surface area contributed by atoms with Crippen LogP contribution in [0.1, 0.15) is 48.2 Å². The fourth-order valence-corrected chi connectivity index (χ4v) is 5.76. The SMILES string of the molecule is Cc1ccc(S(=O)(=O)Nc2ccc(N3CCC(Cc4ccccc4)CC3)c(C(=O)NCC(C)C)c2)cc1. The van der Waals surface area contributed by atoms with E-state index in [1.54, 1.807) is 36.4 Å². The van der Waals surface area contributed by atoms with Crippen LogP contribution in [0, 0.1) is 18.8 Å². The molecule has 0 aromatic heterocycles. The fraction of sp³-hybridized carbons (Fsp3) is 0.367. The lowest BCUT2D eigenvalue weighted by Crippen LogP contribution is -2.36. The Kier molecular flexibility index (Phi) is 8.54. The van der Waals surface area contributed by atoms with E-state index in [1.165, 1.54) is 5.56 Å². The molecule has 1 heterocycles. The Balaban J connectivity index is 1.53. The van der Waals surface area contributed by atoms with Crippen LogP contribution in [0.25, 0.3) is 0 Å². The minimum atomic E-state index is -3.77. The van der Waals surface area contributed by atoms with Crippen molar-refractivity contribution in [2.45, 2.75) is 44.9 Å². The van der Waals surface area contributed by atoms with Gasteiger partial charge in [0.05, 0.1) is 10.5 Å². The standard InChI is InChI=1S/C30H37N3O3S/c1-22(2)21-31-30(34)28-20-26(32-37(35,36)27-12-9-23(3)10-13-27)11-14-29(28)33-17-15-25(16-18-33)19-24-7-5-4-6-8-24/h4-14,20,22,25,32H,15-19,21H2,1-3H3,(H,31,34). The number of sulfonamides is 1. The van der Waals surface area contributed by atoms with E-state index in [0.29, 0.717) is 29.6 Å². The van der Waals surface area contributed by atoms with Crippen LogP contribution in [-0.4, -0.2) is 34.0 Å². The summed E-state index contributed by atoms with van der Waals surface area (Å²) in [5.74, 6) is 0.730. The third-order valence-electron chi connectivity index (χ3n) is 6.82. The molecule has 3 aromatic carbocycles. The normalized spacial score (nSPS) is 14.5. The molecule has 0 bridgehead atoms. The van der Waals surface area contributed by atoms with Gasteiger partial charge in [-0.25, -0.2) is 8.42 Å². The lowest BCUT2D eigenvalue weighted by molar-refractivity contribution is 0.0949. The van der Waals surface area contributed by atoms with Crippen LogP contribution >= 0.6 is 0 Å². The van der Waals surface area contributed by atoms with Crippen molar-refractivity contribution >= 4 is 27.3 Å². The van der Waals surface area contributed by atoms with Crippen molar-refractivity contribution in [3.8, 4) is 0 Å². The summed E-state index contributed by atoms with van der Waals surface area (Å²) in [6, 6.07) is 22.6. The van der Waals surface area contributed by atoms with Crippen LogP contribution < -0.4 is 14.9 Å². The molecule has 0 spiro atoms. The zero-order chi connectivity index (χ0) is 26.4. The highest BCUT2D eigenvalue weighted by Gasteiger charge is 2.24. The van der Waals surface area contributed by atoms with Gasteiger partial charge in [-0.15, -0.1) is 0 Å². The number of rotatable bonds is 9. The number of hydrogen-bond donors (Lipinski definition) is 2. The Bertz CT molecular complexity index is 1300. The van der Waals surface area contributed by atoms with E-state index in [9.17, 15) is 13.2 Å². The molecule has 2 N–H and O–H groups in total. The molecule has 196 valence electrons. The van der Waals surface area contributed by atoms with Gasteiger partial charge in [0.25, 0.3) is 15.9 Å². The molecular formula is C30H37N3O3S. The van der Waals surface area contributed by atoms with Crippen molar-refractivity contribution in [2.75, 3.05) is 29.3 Å². The molecule has 6 nitrogen and oxygen atoms in total.